The van der Waals surface area contributed by atoms with Gasteiger partial charge in [0.1, 0.15) is 6.04 Å². The van der Waals surface area contributed by atoms with E-state index >= 15 is 0 Å². The molecule has 0 rings (SSSR count). The van der Waals surface area contributed by atoms with Gasteiger partial charge >= 0.3 is 5.97 Å². The number of carboxylic acids is 1. The first-order valence-electron chi connectivity index (χ1n) is 2.12. The first-order valence-corrected chi connectivity index (χ1v) is 2.12. The lowest BCUT2D eigenvalue weighted by atomic mass is 10.4. The molecule has 0 bridgehead atoms. The van der Waals surface area contributed by atoms with Crippen LogP contribution in [0, 0.1) is 12.5 Å². The molecule has 0 amide bonds. The van der Waals surface area contributed by atoms with Crippen molar-refractivity contribution in [3.05, 3.63) is 0 Å². The molecule has 44 valence electrons. The smallest absolute Gasteiger partial charge is 0.326 e. The van der Waals surface area contributed by atoms with Crippen LogP contribution < -0.4 is 5.32 Å². The van der Waals surface area contributed by atoms with Gasteiger partial charge in [0.15, 0.2) is 0 Å². The molecule has 1 unspecified atom stereocenters. The SMILES string of the molecule is C#CNC(C)C(=O)O. The van der Waals surface area contributed by atoms with Gasteiger partial charge in [-0.15, -0.1) is 0 Å². The van der Waals surface area contributed by atoms with Gasteiger partial charge in [-0.1, -0.05) is 6.42 Å². The van der Waals surface area contributed by atoms with E-state index < -0.39 is 12.0 Å². The zero-order chi connectivity index (χ0) is 6.57. The summed E-state index contributed by atoms with van der Waals surface area (Å²) >= 11 is 0. The molecule has 3 nitrogen and oxygen atoms in total. The van der Waals surface area contributed by atoms with E-state index in [1.165, 1.54) is 6.92 Å². The summed E-state index contributed by atoms with van der Waals surface area (Å²) in [4.78, 5) is 9.93. The van der Waals surface area contributed by atoms with Gasteiger partial charge in [0.05, 0.1) is 0 Å². The van der Waals surface area contributed by atoms with E-state index in [-0.39, 0.29) is 0 Å². The number of hydrogen-bond donors (Lipinski definition) is 2. The molecule has 0 heterocycles. The molecule has 0 aliphatic rings. The molecular weight excluding hydrogens is 106 g/mol. The number of terminal acetylenes is 1. The second-order valence-electron chi connectivity index (χ2n) is 1.35. The predicted octanol–water partition coefficient (Wildman–Crippen LogP) is -0.360. The molecule has 0 saturated carbocycles. The van der Waals surface area contributed by atoms with Gasteiger partial charge in [0, 0.05) is 6.04 Å². The average molecular weight is 113 g/mol. The van der Waals surface area contributed by atoms with E-state index in [0.29, 0.717) is 0 Å². The number of carboxylic acid groups (broad SMARTS) is 1. The van der Waals surface area contributed by atoms with Gasteiger partial charge in [-0.3, -0.25) is 0 Å². The summed E-state index contributed by atoms with van der Waals surface area (Å²) in [6.45, 7) is 1.47. The topological polar surface area (TPSA) is 49.3 Å². The minimum Gasteiger partial charge on any atom is -0.480 e. The fourth-order valence-electron chi connectivity index (χ4n) is 0.187. The van der Waals surface area contributed by atoms with Gasteiger partial charge in [0.2, 0.25) is 0 Å². The van der Waals surface area contributed by atoms with E-state index in [2.05, 4.69) is 5.32 Å². The highest BCUT2D eigenvalue weighted by atomic mass is 16.4. The lowest BCUT2D eigenvalue weighted by Crippen LogP contribution is -2.29. The second kappa shape index (κ2) is 2.92. The summed E-state index contributed by atoms with van der Waals surface area (Å²) in [5.41, 5.74) is 0. The molecule has 0 aliphatic carbocycles. The maximum atomic E-state index is 9.93. The van der Waals surface area contributed by atoms with Crippen molar-refractivity contribution in [1.29, 1.82) is 0 Å². The van der Waals surface area contributed by atoms with Crippen molar-refractivity contribution in [1.82, 2.24) is 5.32 Å². The first-order chi connectivity index (χ1) is 3.68. The Kier molecular flexibility index (Phi) is 2.49. The Morgan fingerprint density at radius 3 is 2.62 bits per heavy atom. The normalized spacial score (nSPS) is 11.5. The first kappa shape index (κ1) is 6.83. The highest BCUT2D eigenvalue weighted by Gasteiger charge is 2.05. The van der Waals surface area contributed by atoms with Gasteiger partial charge < -0.3 is 10.4 Å². The van der Waals surface area contributed by atoms with Crippen LogP contribution >= 0.6 is 0 Å². The Bertz CT molecular complexity index is 125. The van der Waals surface area contributed by atoms with Crippen LogP contribution in [0.15, 0.2) is 0 Å². The number of nitrogens with one attached hydrogen (secondary N) is 1. The molecule has 0 aromatic carbocycles. The van der Waals surface area contributed by atoms with Crippen LogP contribution in [0.25, 0.3) is 0 Å². The van der Waals surface area contributed by atoms with Crippen molar-refractivity contribution in [2.75, 3.05) is 0 Å². The molecule has 0 saturated heterocycles. The van der Waals surface area contributed by atoms with Gasteiger partial charge in [-0.2, -0.15) is 0 Å². The molecule has 0 aromatic heterocycles. The molecule has 0 radical (unpaired) electrons. The Balaban J connectivity index is 3.52. The van der Waals surface area contributed by atoms with Crippen molar-refractivity contribution >= 4 is 5.97 Å². The average Bonchev–Trinajstić information content (AvgIpc) is 1.67. The zero-order valence-electron chi connectivity index (χ0n) is 4.51. The molecule has 2 N–H and O–H groups in total. The highest BCUT2D eigenvalue weighted by molar-refractivity contribution is 5.73. The number of aliphatic carboxylic acids is 1. The second-order valence-corrected chi connectivity index (χ2v) is 1.35. The van der Waals surface area contributed by atoms with Crippen molar-refractivity contribution in [3.63, 3.8) is 0 Å². The van der Waals surface area contributed by atoms with Crippen LogP contribution in [0.1, 0.15) is 6.92 Å². The third-order valence-corrected chi connectivity index (χ3v) is 0.670. The Morgan fingerprint density at radius 2 is 2.50 bits per heavy atom. The number of rotatable bonds is 2. The zero-order valence-corrected chi connectivity index (χ0v) is 4.51. The van der Waals surface area contributed by atoms with Crippen LogP contribution in [0.4, 0.5) is 0 Å². The van der Waals surface area contributed by atoms with Crippen LogP contribution in [0.3, 0.4) is 0 Å². The Hall–Kier alpha value is -1.17. The predicted molar refractivity (Wildman–Crippen MR) is 29.1 cm³/mol. The molecule has 8 heavy (non-hydrogen) atoms. The maximum absolute atomic E-state index is 9.93. The van der Waals surface area contributed by atoms with E-state index in [4.69, 9.17) is 11.5 Å². The highest BCUT2D eigenvalue weighted by Crippen LogP contribution is 1.75. The summed E-state index contributed by atoms with van der Waals surface area (Å²) < 4.78 is 0. The monoisotopic (exact) mass is 113 g/mol. The summed E-state index contributed by atoms with van der Waals surface area (Å²) in [5, 5.41) is 10.4. The minimum absolute atomic E-state index is 0.653. The van der Waals surface area contributed by atoms with Crippen molar-refractivity contribution in [2.45, 2.75) is 13.0 Å². The fraction of sp³-hybridized carbons (Fsp3) is 0.400. The summed E-state index contributed by atoms with van der Waals surface area (Å²) in [5.74, 6) is -0.942. The van der Waals surface area contributed by atoms with Gasteiger partial charge in [-0.25, -0.2) is 4.79 Å². The Morgan fingerprint density at radius 1 is 2.00 bits per heavy atom. The molecule has 0 aromatic rings. The van der Waals surface area contributed by atoms with E-state index in [0.717, 1.165) is 0 Å². The quantitative estimate of drug-likeness (QED) is 0.380. The largest absolute Gasteiger partial charge is 0.480 e. The lowest BCUT2D eigenvalue weighted by molar-refractivity contribution is -0.138. The standard InChI is InChI=1S/C5H7NO2/c1-3-6-4(2)5(7)8/h1,4,6H,2H3,(H,7,8). The molecule has 0 aliphatic heterocycles. The molecule has 3 heteroatoms. The van der Waals surface area contributed by atoms with E-state index in [1.54, 1.807) is 0 Å². The molecule has 0 spiro atoms. The van der Waals surface area contributed by atoms with Crippen molar-refractivity contribution < 1.29 is 9.90 Å². The number of hydrogen-bond acceptors (Lipinski definition) is 2. The minimum atomic E-state index is -0.942. The van der Waals surface area contributed by atoms with E-state index in [1.807, 2.05) is 6.04 Å². The van der Waals surface area contributed by atoms with Gasteiger partial charge in [-0.05, 0) is 6.92 Å². The van der Waals surface area contributed by atoms with Crippen molar-refractivity contribution in [2.24, 2.45) is 0 Å². The third kappa shape index (κ3) is 2.08. The van der Waals surface area contributed by atoms with Crippen LogP contribution in [-0.4, -0.2) is 17.1 Å². The Labute approximate surface area is 47.7 Å². The summed E-state index contributed by atoms with van der Waals surface area (Å²) in [6.07, 6.45) is 4.74. The summed E-state index contributed by atoms with van der Waals surface area (Å²) in [6, 6.07) is 1.37. The third-order valence-electron chi connectivity index (χ3n) is 0.670. The number of carbonyl (C=O) groups is 1. The molecule has 1 atom stereocenters. The van der Waals surface area contributed by atoms with Crippen LogP contribution in [0.5, 0.6) is 0 Å². The summed E-state index contributed by atoms with van der Waals surface area (Å²) in [7, 11) is 0. The molecule has 0 fully saturated rings. The molecular formula is C5H7NO2. The lowest BCUT2D eigenvalue weighted by Gasteiger charge is -2.00. The van der Waals surface area contributed by atoms with E-state index in [9.17, 15) is 4.79 Å². The van der Waals surface area contributed by atoms with Gasteiger partial charge in [0.25, 0.3) is 0 Å². The van der Waals surface area contributed by atoms with Crippen LogP contribution in [0.2, 0.25) is 0 Å². The fourth-order valence-corrected chi connectivity index (χ4v) is 0.187. The van der Waals surface area contributed by atoms with Crippen molar-refractivity contribution in [3.8, 4) is 12.5 Å². The van der Waals surface area contributed by atoms with Crippen LogP contribution in [-0.2, 0) is 4.79 Å². The maximum Gasteiger partial charge on any atom is 0.326 e.